The molecule has 0 saturated heterocycles. The van der Waals surface area contributed by atoms with Crippen molar-refractivity contribution in [2.45, 2.75) is 32.2 Å². The Hall–Kier alpha value is -3.67. The first-order valence-corrected chi connectivity index (χ1v) is 10.6. The van der Waals surface area contributed by atoms with Gasteiger partial charge >= 0.3 is 0 Å². The number of imidazole rings is 1. The Balaban J connectivity index is 1.34. The van der Waals surface area contributed by atoms with Gasteiger partial charge < -0.3 is 9.30 Å². The third kappa shape index (κ3) is 4.01. The molecule has 1 aliphatic rings. The molecule has 0 aliphatic carbocycles. The average Bonchev–Trinajstić information content (AvgIpc) is 3.43. The SMILES string of the molecule is COc1cc(C=Cc2nc3n(n2)CC[C@@H](c2ccccc2)C3)ccc1-n1cnc(C)c1. The van der Waals surface area contributed by atoms with E-state index < -0.39 is 0 Å². The van der Waals surface area contributed by atoms with Crippen LogP contribution in [0.3, 0.4) is 0 Å². The first-order valence-electron chi connectivity index (χ1n) is 10.6. The fourth-order valence-electron chi connectivity index (χ4n) is 4.14. The number of nitrogens with zero attached hydrogens (tertiary/aromatic N) is 5. The average molecular weight is 412 g/mol. The molecule has 5 rings (SSSR count). The van der Waals surface area contributed by atoms with Crippen LogP contribution < -0.4 is 4.74 Å². The number of hydrogen-bond acceptors (Lipinski definition) is 4. The molecule has 0 saturated carbocycles. The minimum absolute atomic E-state index is 0.512. The molecule has 156 valence electrons. The molecule has 31 heavy (non-hydrogen) atoms. The smallest absolute Gasteiger partial charge is 0.174 e. The van der Waals surface area contributed by atoms with E-state index in [1.165, 1.54) is 5.56 Å². The van der Waals surface area contributed by atoms with Crippen LogP contribution in [0, 0.1) is 6.92 Å². The lowest BCUT2D eigenvalue weighted by Crippen LogP contribution is -2.19. The zero-order valence-electron chi connectivity index (χ0n) is 17.8. The van der Waals surface area contributed by atoms with Gasteiger partial charge in [-0.25, -0.2) is 14.6 Å². The second-order valence-electron chi connectivity index (χ2n) is 7.90. The standard InChI is InChI=1S/C25H25N5O/c1-18-16-29(17-26-18)22-10-8-19(14-23(22)31-2)9-11-24-27-25-15-21(12-13-30(25)28-24)20-6-4-3-5-7-20/h3-11,14,16-17,21H,12-13,15H2,1-2H3/t21-/m1/s1. The maximum atomic E-state index is 5.60. The summed E-state index contributed by atoms with van der Waals surface area (Å²) in [5, 5.41) is 4.68. The van der Waals surface area contributed by atoms with Crippen LogP contribution in [0.2, 0.25) is 0 Å². The predicted octanol–water partition coefficient (Wildman–Crippen LogP) is 4.68. The van der Waals surface area contributed by atoms with Crippen LogP contribution in [-0.2, 0) is 13.0 Å². The van der Waals surface area contributed by atoms with Crippen LogP contribution in [0.1, 0.15) is 40.8 Å². The van der Waals surface area contributed by atoms with Crippen molar-refractivity contribution in [3.63, 3.8) is 0 Å². The summed E-state index contributed by atoms with van der Waals surface area (Å²) in [7, 11) is 1.68. The highest BCUT2D eigenvalue weighted by molar-refractivity contribution is 5.69. The summed E-state index contributed by atoms with van der Waals surface area (Å²) < 4.78 is 9.62. The van der Waals surface area contributed by atoms with Gasteiger partial charge in [-0.05, 0) is 48.6 Å². The van der Waals surface area contributed by atoms with Gasteiger partial charge in [-0.15, -0.1) is 0 Å². The van der Waals surface area contributed by atoms with Crippen molar-refractivity contribution in [1.29, 1.82) is 0 Å². The Morgan fingerprint density at radius 1 is 1.10 bits per heavy atom. The van der Waals surface area contributed by atoms with E-state index in [-0.39, 0.29) is 0 Å². The van der Waals surface area contributed by atoms with Gasteiger partial charge in [0.05, 0.1) is 24.8 Å². The normalized spacial score (nSPS) is 15.9. The number of fused-ring (bicyclic) bond motifs is 1. The molecular formula is C25H25N5O. The summed E-state index contributed by atoms with van der Waals surface area (Å²) in [5.41, 5.74) is 4.35. The van der Waals surface area contributed by atoms with Gasteiger partial charge in [-0.2, -0.15) is 5.10 Å². The molecule has 2 aromatic heterocycles. The van der Waals surface area contributed by atoms with Gasteiger partial charge in [0.25, 0.3) is 0 Å². The predicted molar refractivity (Wildman–Crippen MR) is 121 cm³/mol. The molecule has 0 amide bonds. The molecule has 1 aliphatic heterocycles. The number of hydrogen-bond donors (Lipinski definition) is 0. The van der Waals surface area contributed by atoms with Crippen molar-refractivity contribution in [1.82, 2.24) is 24.3 Å². The van der Waals surface area contributed by atoms with Gasteiger partial charge in [0, 0.05) is 19.2 Å². The zero-order valence-corrected chi connectivity index (χ0v) is 17.8. The number of aryl methyl sites for hydroxylation is 2. The highest BCUT2D eigenvalue weighted by atomic mass is 16.5. The van der Waals surface area contributed by atoms with E-state index in [0.717, 1.165) is 53.7 Å². The summed E-state index contributed by atoms with van der Waals surface area (Å²) in [6.07, 6.45) is 9.80. The van der Waals surface area contributed by atoms with E-state index in [1.54, 1.807) is 13.4 Å². The highest BCUT2D eigenvalue weighted by Crippen LogP contribution is 2.29. The molecule has 0 fully saturated rings. The zero-order chi connectivity index (χ0) is 21.2. The molecule has 0 bridgehead atoms. The Morgan fingerprint density at radius 2 is 1.97 bits per heavy atom. The summed E-state index contributed by atoms with van der Waals surface area (Å²) in [4.78, 5) is 9.07. The molecular weight excluding hydrogens is 386 g/mol. The molecule has 6 heteroatoms. The van der Waals surface area contributed by atoms with Crippen molar-refractivity contribution in [2.75, 3.05) is 7.11 Å². The minimum Gasteiger partial charge on any atom is -0.495 e. The number of benzene rings is 2. The maximum absolute atomic E-state index is 5.60. The minimum atomic E-state index is 0.512. The first-order chi connectivity index (χ1) is 15.2. The van der Waals surface area contributed by atoms with Crippen molar-refractivity contribution in [3.8, 4) is 11.4 Å². The third-order valence-electron chi connectivity index (χ3n) is 5.77. The van der Waals surface area contributed by atoms with Crippen LogP contribution in [0.25, 0.3) is 17.8 Å². The largest absolute Gasteiger partial charge is 0.495 e. The lowest BCUT2D eigenvalue weighted by atomic mass is 9.90. The molecule has 1 atom stereocenters. The maximum Gasteiger partial charge on any atom is 0.174 e. The van der Waals surface area contributed by atoms with E-state index in [9.17, 15) is 0 Å². The van der Waals surface area contributed by atoms with Gasteiger partial charge in [-0.3, -0.25) is 0 Å². The van der Waals surface area contributed by atoms with Crippen molar-refractivity contribution >= 4 is 12.2 Å². The van der Waals surface area contributed by atoms with Gasteiger partial charge in [-0.1, -0.05) is 42.5 Å². The number of aromatic nitrogens is 5. The number of ether oxygens (including phenoxy) is 1. The molecule has 0 spiro atoms. The van der Waals surface area contributed by atoms with Gasteiger partial charge in [0.15, 0.2) is 5.82 Å². The van der Waals surface area contributed by atoms with E-state index in [2.05, 4.69) is 46.5 Å². The van der Waals surface area contributed by atoms with Crippen molar-refractivity contribution in [3.05, 3.63) is 89.5 Å². The van der Waals surface area contributed by atoms with E-state index in [0.29, 0.717) is 5.92 Å². The van der Waals surface area contributed by atoms with Crippen LogP contribution in [0.4, 0.5) is 0 Å². The summed E-state index contributed by atoms with van der Waals surface area (Å²) in [6.45, 7) is 2.88. The van der Waals surface area contributed by atoms with Crippen LogP contribution in [0.5, 0.6) is 5.75 Å². The van der Waals surface area contributed by atoms with Crippen molar-refractivity contribution < 1.29 is 4.74 Å². The van der Waals surface area contributed by atoms with Gasteiger partial charge in [0.1, 0.15) is 11.6 Å². The molecule has 0 N–H and O–H groups in total. The van der Waals surface area contributed by atoms with E-state index >= 15 is 0 Å². The fraction of sp³-hybridized carbons (Fsp3) is 0.240. The van der Waals surface area contributed by atoms with E-state index in [4.69, 9.17) is 9.72 Å². The lowest BCUT2D eigenvalue weighted by molar-refractivity contribution is 0.413. The van der Waals surface area contributed by atoms with Gasteiger partial charge in [0.2, 0.25) is 0 Å². The summed E-state index contributed by atoms with van der Waals surface area (Å²) >= 11 is 0. The quantitative estimate of drug-likeness (QED) is 0.478. The first kappa shape index (κ1) is 19.3. The topological polar surface area (TPSA) is 57.8 Å². The monoisotopic (exact) mass is 411 g/mol. The lowest BCUT2D eigenvalue weighted by Gasteiger charge is -2.22. The van der Waals surface area contributed by atoms with Crippen LogP contribution in [-0.4, -0.2) is 31.4 Å². The molecule has 6 nitrogen and oxygen atoms in total. The summed E-state index contributed by atoms with van der Waals surface area (Å²) in [5.74, 6) is 3.11. The molecule has 0 radical (unpaired) electrons. The second-order valence-corrected chi connectivity index (χ2v) is 7.90. The van der Waals surface area contributed by atoms with Crippen LogP contribution in [0.15, 0.2) is 61.1 Å². The Morgan fingerprint density at radius 3 is 2.74 bits per heavy atom. The third-order valence-corrected chi connectivity index (χ3v) is 5.77. The Kier molecular flexibility index (Phi) is 5.12. The Bertz CT molecular complexity index is 1220. The fourth-order valence-corrected chi connectivity index (χ4v) is 4.14. The molecule has 4 aromatic rings. The molecule has 2 aromatic carbocycles. The number of methoxy groups -OCH3 is 1. The highest BCUT2D eigenvalue weighted by Gasteiger charge is 2.22. The second kappa shape index (κ2) is 8.22. The summed E-state index contributed by atoms with van der Waals surface area (Å²) in [6, 6.07) is 16.8. The molecule has 0 unspecified atom stereocenters. The Labute approximate surface area is 181 Å². The van der Waals surface area contributed by atoms with E-state index in [1.807, 2.05) is 46.7 Å². The number of rotatable bonds is 5. The van der Waals surface area contributed by atoms with Crippen LogP contribution >= 0.6 is 0 Å². The van der Waals surface area contributed by atoms with Crippen molar-refractivity contribution in [2.24, 2.45) is 0 Å². The molecule has 3 heterocycles.